The summed E-state index contributed by atoms with van der Waals surface area (Å²) in [5.74, 6) is 0.514. The number of hydrogen-bond acceptors (Lipinski definition) is 3. The molecule has 0 saturated heterocycles. The minimum Gasteiger partial charge on any atom is -0.322 e. The van der Waals surface area contributed by atoms with E-state index in [-0.39, 0.29) is 4.75 Å². The van der Waals surface area contributed by atoms with Crippen LogP contribution in [0.5, 0.6) is 0 Å². The molecule has 0 unspecified atom stereocenters. The van der Waals surface area contributed by atoms with E-state index in [1.54, 1.807) is 0 Å². The van der Waals surface area contributed by atoms with Gasteiger partial charge in [-0.25, -0.2) is 0 Å². The Balaban J connectivity index is 3.59. The maximum absolute atomic E-state index is 8.40. The molecule has 0 fully saturated rings. The van der Waals surface area contributed by atoms with Gasteiger partial charge in [-0.15, -0.1) is 11.8 Å². The Morgan fingerprint density at radius 3 is 2.38 bits per heavy atom. The molecule has 0 heterocycles. The summed E-state index contributed by atoms with van der Waals surface area (Å²) in [5.41, 5.74) is 5.20. The van der Waals surface area contributed by atoms with Crippen LogP contribution in [0.3, 0.4) is 0 Å². The van der Waals surface area contributed by atoms with Crippen LogP contribution >= 0.6 is 11.8 Å². The first-order valence-electron chi connectivity index (χ1n) is 2.37. The average Bonchev–Trinajstić information content (AvgIpc) is 1.67. The number of nitrogens with two attached hydrogens (primary N) is 1. The molecule has 0 radical (unpaired) electrons. The normalized spacial score (nSPS) is 10.8. The molecule has 8 heavy (non-hydrogen) atoms. The summed E-state index contributed by atoms with van der Waals surface area (Å²) in [5, 5.41) is 8.40. The van der Waals surface area contributed by atoms with Crippen molar-refractivity contribution in [2.45, 2.75) is 18.6 Å². The molecule has 0 bridgehead atoms. The Kier molecular flexibility index (Phi) is 2.88. The molecule has 0 aromatic heterocycles. The molecule has 0 atom stereocenters. The van der Waals surface area contributed by atoms with Gasteiger partial charge in [0.15, 0.2) is 0 Å². The topological polar surface area (TPSA) is 49.8 Å². The Labute approximate surface area is 54.1 Å². The highest BCUT2D eigenvalue weighted by Gasteiger charge is 2.14. The van der Waals surface area contributed by atoms with Gasteiger partial charge in [-0.2, -0.15) is 5.26 Å². The third-order valence-electron chi connectivity index (χ3n) is 0.713. The molecule has 0 aromatic carbocycles. The minimum atomic E-state index is -0.311. The van der Waals surface area contributed by atoms with Crippen LogP contribution in [0.25, 0.3) is 0 Å². The number of nitriles is 1. The summed E-state index contributed by atoms with van der Waals surface area (Å²) in [7, 11) is 0. The number of rotatable bonds is 2. The van der Waals surface area contributed by atoms with Crippen molar-refractivity contribution >= 4 is 11.8 Å². The predicted molar refractivity (Wildman–Crippen MR) is 36.3 cm³/mol. The highest BCUT2D eigenvalue weighted by Crippen LogP contribution is 2.20. The standard InChI is InChI=1S/C5H10N2S/c1-5(2,3-6)8-4-7/h4,7H2,1-2H3. The lowest BCUT2D eigenvalue weighted by Gasteiger charge is -2.10. The average molecular weight is 130 g/mol. The monoisotopic (exact) mass is 130 g/mol. The molecule has 0 aliphatic rings. The van der Waals surface area contributed by atoms with Crippen LogP contribution in [0.2, 0.25) is 0 Å². The Hall–Kier alpha value is -0.200. The van der Waals surface area contributed by atoms with Gasteiger partial charge in [-0.1, -0.05) is 0 Å². The van der Waals surface area contributed by atoms with E-state index >= 15 is 0 Å². The zero-order valence-electron chi connectivity index (χ0n) is 5.14. The summed E-state index contributed by atoms with van der Waals surface area (Å²) in [4.78, 5) is 0. The third kappa shape index (κ3) is 2.89. The number of thioether (sulfide) groups is 1. The zero-order valence-corrected chi connectivity index (χ0v) is 5.96. The van der Waals surface area contributed by atoms with E-state index in [1.165, 1.54) is 11.8 Å². The zero-order chi connectivity index (χ0) is 6.62. The van der Waals surface area contributed by atoms with Gasteiger partial charge in [0.1, 0.15) is 0 Å². The fraction of sp³-hybridized carbons (Fsp3) is 0.800. The summed E-state index contributed by atoms with van der Waals surface area (Å²) < 4.78 is -0.311. The lowest BCUT2D eigenvalue weighted by atomic mass is 10.2. The van der Waals surface area contributed by atoms with Crippen molar-refractivity contribution in [3.63, 3.8) is 0 Å². The van der Waals surface area contributed by atoms with Gasteiger partial charge in [0.25, 0.3) is 0 Å². The number of nitrogens with zero attached hydrogens (tertiary/aromatic N) is 1. The van der Waals surface area contributed by atoms with Gasteiger partial charge in [0.05, 0.1) is 10.8 Å². The Bertz CT molecular complexity index is 103. The van der Waals surface area contributed by atoms with Gasteiger partial charge >= 0.3 is 0 Å². The molecule has 0 aliphatic heterocycles. The highest BCUT2D eigenvalue weighted by molar-refractivity contribution is 8.00. The molecule has 0 aromatic rings. The van der Waals surface area contributed by atoms with Gasteiger partial charge < -0.3 is 5.73 Å². The van der Waals surface area contributed by atoms with E-state index in [2.05, 4.69) is 6.07 Å². The lowest BCUT2D eigenvalue weighted by molar-refractivity contribution is 0.912. The van der Waals surface area contributed by atoms with Crippen LogP contribution in [0.15, 0.2) is 0 Å². The summed E-state index contributed by atoms with van der Waals surface area (Å²) in [6.07, 6.45) is 0. The quantitative estimate of drug-likeness (QED) is 0.566. The Morgan fingerprint density at radius 2 is 2.25 bits per heavy atom. The van der Waals surface area contributed by atoms with Crippen molar-refractivity contribution in [1.29, 1.82) is 5.26 Å². The first kappa shape index (κ1) is 7.80. The molecule has 46 valence electrons. The lowest BCUT2D eigenvalue weighted by Crippen LogP contribution is -2.13. The summed E-state index contributed by atoms with van der Waals surface area (Å²) in [6, 6.07) is 2.13. The molecule has 0 amide bonds. The van der Waals surface area contributed by atoms with E-state index in [4.69, 9.17) is 11.0 Å². The fourth-order valence-corrected chi connectivity index (χ4v) is 0.722. The SMILES string of the molecule is CC(C)(C#N)SCN. The first-order valence-corrected chi connectivity index (χ1v) is 3.36. The smallest absolute Gasteiger partial charge is 0.0980 e. The summed E-state index contributed by atoms with van der Waals surface area (Å²) in [6.45, 7) is 3.70. The van der Waals surface area contributed by atoms with Crippen LogP contribution in [-0.2, 0) is 0 Å². The molecule has 0 saturated carbocycles. The van der Waals surface area contributed by atoms with E-state index in [9.17, 15) is 0 Å². The highest BCUT2D eigenvalue weighted by atomic mass is 32.2. The molecule has 0 spiro atoms. The van der Waals surface area contributed by atoms with Gasteiger partial charge in [0.2, 0.25) is 0 Å². The Morgan fingerprint density at radius 1 is 1.75 bits per heavy atom. The van der Waals surface area contributed by atoms with Crippen molar-refractivity contribution in [3.05, 3.63) is 0 Å². The second-order valence-electron chi connectivity index (χ2n) is 1.93. The van der Waals surface area contributed by atoms with E-state index in [0.717, 1.165) is 0 Å². The second-order valence-corrected chi connectivity index (χ2v) is 3.58. The van der Waals surface area contributed by atoms with Crippen LogP contribution in [0.1, 0.15) is 13.8 Å². The van der Waals surface area contributed by atoms with Gasteiger partial charge in [-0.05, 0) is 13.8 Å². The van der Waals surface area contributed by atoms with Crippen LogP contribution in [0, 0.1) is 11.3 Å². The van der Waals surface area contributed by atoms with E-state index in [0.29, 0.717) is 5.88 Å². The fourth-order valence-electron chi connectivity index (χ4n) is 0.241. The molecular formula is C5H10N2S. The van der Waals surface area contributed by atoms with Crippen molar-refractivity contribution in [2.24, 2.45) is 5.73 Å². The van der Waals surface area contributed by atoms with Crippen molar-refractivity contribution in [3.8, 4) is 6.07 Å². The van der Waals surface area contributed by atoms with Gasteiger partial charge in [-0.3, -0.25) is 0 Å². The van der Waals surface area contributed by atoms with E-state index in [1.807, 2.05) is 13.8 Å². The van der Waals surface area contributed by atoms with E-state index < -0.39 is 0 Å². The minimum absolute atomic E-state index is 0.311. The number of hydrogen-bond donors (Lipinski definition) is 1. The van der Waals surface area contributed by atoms with Gasteiger partial charge in [0, 0.05) is 5.88 Å². The largest absolute Gasteiger partial charge is 0.322 e. The van der Waals surface area contributed by atoms with Crippen LogP contribution in [-0.4, -0.2) is 10.6 Å². The van der Waals surface area contributed by atoms with Crippen LogP contribution in [0.4, 0.5) is 0 Å². The molecule has 0 rings (SSSR count). The molecule has 3 heteroatoms. The van der Waals surface area contributed by atoms with Crippen molar-refractivity contribution in [1.82, 2.24) is 0 Å². The third-order valence-corrected chi connectivity index (χ3v) is 1.69. The first-order chi connectivity index (χ1) is 3.62. The summed E-state index contributed by atoms with van der Waals surface area (Å²) >= 11 is 1.45. The predicted octanol–water partition coefficient (Wildman–Crippen LogP) is 0.938. The molecule has 2 nitrogen and oxygen atoms in total. The maximum atomic E-state index is 8.40. The molecule has 0 aliphatic carbocycles. The maximum Gasteiger partial charge on any atom is 0.0980 e. The molecule has 2 N–H and O–H groups in total. The van der Waals surface area contributed by atoms with Crippen molar-refractivity contribution in [2.75, 3.05) is 5.88 Å². The molecular weight excluding hydrogens is 120 g/mol. The van der Waals surface area contributed by atoms with Crippen molar-refractivity contribution < 1.29 is 0 Å². The van der Waals surface area contributed by atoms with Crippen LogP contribution < -0.4 is 5.73 Å². The second kappa shape index (κ2) is 2.95.